The molecule has 0 bridgehead atoms. The van der Waals surface area contributed by atoms with Gasteiger partial charge in [-0.1, -0.05) is 50.5 Å². The normalized spacial score (nSPS) is 10.3. The molecule has 0 aliphatic rings. The number of unbranched alkanes of at least 4 members (excludes halogenated alkanes) is 3. The van der Waals surface area contributed by atoms with E-state index in [-0.39, 0.29) is 4.69 Å². The van der Waals surface area contributed by atoms with Crippen LogP contribution >= 0.6 is 15.9 Å². The lowest BCUT2D eigenvalue weighted by molar-refractivity contribution is 0.109. The maximum absolute atomic E-state index is 11.3. The zero-order valence-corrected chi connectivity index (χ0v) is 10.7. The highest BCUT2D eigenvalue weighted by Gasteiger charge is 2.06. The molecule has 0 unspecified atom stereocenters. The Kier molecular flexibility index (Phi) is 5.62. The smallest absolute Gasteiger partial charge is 0.228 e. The number of benzene rings is 1. The molecule has 0 amide bonds. The first-order chi connectivity index (χ1) is 7.25. The van der Waals surface area contributed by atoms with Gasteiger partial charge in [-0.05, 0) is 34.3 Å². The minimum Gasteiger partial charge on any atom is -0.281 e. The summed E-state index contributed by atoms with van der Waals surface area (Å²) < 4.78 is -0.00593. The molecule has 1 nitrogen and oxygen atoms in total. The van der Waals surface area contributed by atoms with Gasteiger partial charge in [0, 0.05) is 5.56 Å². The summed E-state index contributed by atoms with van der Waals surface area (Å²) in [4.78, 5) is 11.3. The predicted octanol–water partition coefficient (Wildman–Crippen LogP) is 4.34. The molecule has 1 aromatic carbocycles. The molecule has 1 rings (SSSR count). The maximum atomic E-state index is 11.3. The van der Waals surface area contributed by atoms with Crippen molar-refractivity contribution in [2.24, 2.45) is 0 Å². The minimum atomic E-state index is -0.00593. The first-order valence-electron chi connectivity index (χ1n) is 5.53. The van der Waals surface area contributed by atoms with Crippen molar-refractivity contribution < 1.29 is 4.79 Å². The Morgan fingerprint density at radius 3 is 2.60 bits per heavy atom. The topological polar surface area (TPSA) is 17.1 Å². The lowest BCUT2D eigenvalue weighted by atomic mass is 10.0. The van der Waals surface area contributed by atoms with E-state index >= 15 is 0 Å². The second-order valence-corrected chi connectivity index (χ2v) is 4.46. The van der Waals surface area contributed by atoms with Gasteiger partial charge in [-0.15, -0.1) is 0 Å². The van der Waals surface area contributed by atoms with Crippen molar-refractivity contribution in [1.29, 1.82) is 0 Å². The molecule has 1 aromatic rings. The Morgan fingerprint density at radius 1 is 1.20 bits per heavy atom. The fourth-order valence-corrected chi connectivity index (χ4v) is 2.06. The van der Waals surface area contributed by atoms with Crippen LogP contribution in [0.2, 0.25) is 0 Å². The summed E-state index contributed by atoms with van der Waals surface area (Å²) in [6.07, 6.45) is 5.96. The van der Waals surface area contributed by atoms with E-state index in [9.17, 15) is 4.79 Å². The van der Waals surface area contributed by atoms with Crippen molar-refractivity contribution >= 4 is 20.6 Å². The molecule has 0 fully saturated rings. The quantitative estimate of drug-likeness (QED) is 0.554. The second-order valence-electron chi connectivity index (χ2n) is 3.74. The van der Waals surface area contributed by atoms with Crippen molar-refractivity contribution in [3.8, 4) is 0 Å². The number of carbonyl (C=O) groups excluding carboxylic acids is 1. The maximum Gasteiger partial charge on any atom is 0.228 e. The van der Waals surface area contributed by atoms with E-state index < -0.39 is 0 Å². The van der Waals surface area contributed by atoms with Crippen LogP contribution in [-0.2, 0) is 6.42 Å². The average molecular weight is 269 g/mol. The highest BCUT2D eigenvalue weighted by molar-refractivity contribution is 9.18. The molecule has 2 heteroatoms. The van der Waals surface area contributed by atoms with Gasteiger partial charge >= 0.3 is 0 Å². The molecule has 0 heterocycles. The summed E-state index contributed by atoms with van der Waals surface area (Å²) in [5.41, 5.74) is 1.98. The lowest BCUT2D eigenvalue weighted by Crippen LogP contribution is -1.96. The van der Waals surface area contributed by atoms with E-state index in [1.807, 2.05) is 24.3 Å². The Bertz CT molecular complexity index is 320. The number of rotatable bonds is 6. The average Bonchev–Trinajstić information content (AvgIpc) is 2.25. The summed E-state index contributed by atoms with van der Waals surface area (Å²) in [5, 5.41) is 0. The third kappa shape index (κ3) is 4.17. The van der Waals surface area contributed by atoms with Crippen LogP contribution in [0.5, 0.6) is 0 Å². The van der Waals surface area contributed by atoms with Crippen LogP contribution in [-0.4, -0.2) is 4.69 Å². The van der Waals surface area contributed by atoms with Crippen molar-refractivity contribution in [3.63, 3.8) is 0 Å². The summed E-state index contributed by atoms with van der Waals surface area (Å²) in [6.45, 7) is 2.20. The van der Waals surface area contributed by atoms with E-state index in [2.05, 4.69) is 22.9 Å². The van der Waals surface area contributed by atoms with Gasteiger partial charge in [-0.2, -0.15) is 0 Å². The monoisotopic (exact) mass is 268 g/mol. The number of halogens is 1. The van der Waals surface area contributed by atoms with Crippen molar-refractivity contribution in [3.05, 3.63) is 35.4 Å². The highest BCUT2D eigenvalue weighted by atomic mass is 79.9. The second kappa shape index (κ2) is 6.78. The van der Waals surface area contributed by atoms with Gasteiger partial charge in [-0.3, -0.25) is 4.79 Å². The largest absolute Gasteiger partial charge is 0.281 e. The van der Waals surface area contributed by atoms with Crippen LogP contribution in [0.15, 0.2) is 24.3 Å². The van der Waals surface area contributed by atoms with Crippen molar-refractivity contribution in [1.82, 2.24) is 0 Å². The minimum absolute atomic E-state index is 0.00593. The van der Waals surface area contributed by atoms with Crippen LogP contribution in [0.4, 0.5) is 0 Å². The highest BCUT2D eigenvalue weighted by Crippen LogP contribution is 2.15. The molecule has 15 heavy (non-hydrogen) atoms. The van der Waals surface area contributed by atoms with Gasteiger partial charge in [0.1, 0.15) is 0 Å². The predicted molar refractivity (Wildman–Crippen MR) is 67.5 cm³/mol. The van der Waals surface area contributed by atoms with E-state index in [0.29, 0.717) is 0 Å². The molecular weight excluding hydrogens is 252 g/mol. The van der Waals surface area contributed by atoms with Gasteiger partial charge in [0.2, 0.25) is 4.69 Å². The number of aryl methyl sites for hydroxylation is 1. The first-order valence-corrected chi connectivity index (χ1v) is 6.32. The number of hydrogen-bond donors (Lipinski definition) is 0. The van der Waals surface area contributed by atoms with Gasteiger partial charge < -0.3 is 0 Å². The van der Waals surface area contributed by atoms with Crippen molar-refractivity contribution in [2.45, 2.75) is 39.0 Å². The molecule has 0 saturated heterocycles. The lowest BCUT2D eigenvalue weighted by Gasteiger charge is -2.05. The Hall–Kier alpha value is -0.630. The zero-order valence-electron chi connectivity index (χ0n) is 9.13. The van der Waals surface area contributed by atoms with Crippen LogP contribution in [0.3, 0.4) is 0 Å². The fourth-order valence-electron chi connectivity index (χ4n) is 1.67. The van der Waals surface area contributed by atoms with Crippen molar-refractivity contribution in [2.75, 3.05) is 0 Å². The van der Waals surface area contributed by atoms with Crippen LogP contribution in [0.25, 0.3) is 0 Å². The van der Waals surface area contributed by atoms with E-state index in [1.165, 1.54) is 25.7 Å². The third-order valence-corrected chi connectivity index (χ3v) is 2.96. The van der Waals surface area contributed by atoms with Gasteiger partial charge in [0.05, 0.1) is 0 Å². The molecule has 0 aliphatic heterocycles. The Labute approximate surface area is 100 Å². The molecule has 0 aromatic heterocycles. The Morgan fingerprint density at radius 2 is 1.93 bits per heavy atom. The number of hydrogen-bond acceptors (Lipinski definition) is 1. The molecule has 0 saturated carbocycles. The molecule has 0 radical (unpaired) electrons. The molecule has 0 N–H and O–H groups in total. The van der Waals surface area contributed by atoms with E-state index in [4.69, 9.17) is 0 Å². The molecule has 0 aliphatic carbocycles. The standard InChI is InChI=1S/C13H17BrO/c1-2-3-4-5-8-11-9-6-7-10-12(11)13(14)15/h6-7,9-10H,2-5,8H2,1H3. The summed E-state index contributed by atoms with van der Waals surface area (Å²) in [7, 11) is 0. The first kappa shape index (κ1) is 12.4. The van der Waals surface area contributed by atoms with Gasteiger partial charge in [-0.25, -0.2) is 0 Å². The summed E-state index contributed by atoms with van der Waals surface area (Å²) in [6, 6.07) is 7.82. The van der Waals surface area contributed by atoms with E-state index in [0.717, 1.165) is 17.5 Å². The van der Waals surface area contributed by atoms with Crippen LogP contribution in [0, 0.1) is 0 Å². The van der Waals surface area contributed by atoms with Gasteiger partial charge in [0.15, 0.2) is 0 Å². The van der Waals surface area contributed by atoms with Crippen LogP contribution in [0.1, 0.15) is 48.5 Å². The zero-order chi connectivity index (χ0) is 11.1. The van der Waals surface area contributed by atoms with Gasteiger partial charge in [0.25, 0.3) is 0 Å². The molecule has 82 valence electrons. The molecule has 0 atom stereocenters. The fraction of sp³-hybridized carbons (Fsp3) is 0.462. The summed E-state index contributed by atoms with van der Waals surface area (Å²) >= 11 is 3.02. The Balaban J connectivity index is 2.56. The third-order valence-electron chi connectivity index (χ3n) is 2.53. The molecular formula is C13H17BrO. The SMILES string of the molecule is CCCCCCc1ccccc1C(=O)Br. The number of carbonyl (C=O) groups is 1. The van der Waals surface area contributed by atoms with E-state index in [1.54, 1.807) is 0 Å². The molecule has 0 spiro atoms. The van der Waals surface area contributed by atoms with Crippen LogP contribution < -0.4 is 0 Å². The summed E-state index contributed by atoms with van der Waals surface area (Å²) in [5.74, 6) is 0.